The van der Waals surface area contributed by atoms with Crippen LogP contribution in [0.4, 0.5) is 5.95 Å². The maximum absolute atomic E-state index is 10.3. The molecular weight excluding hydrogens is 290 g/mol. The van der Waals surface area contributed by atoms with Gasteiger partial charge in [-0.2, -0.15) is 9.97 Å². The Morgan fingerprint density at radius 2 is 2.41 bits per heavy atom. The van der Waals surface area contributed by atoms with E-state index in [2.05, 4.69) is 21.5 Å². The first-order valence-electron chi connectivity index (χ1n) is 6.82. The molecule has 9 nitrogen and oxygen atoms in total. The van der Waals surface area contributed by atoms with Crippen LogP contribution >= 0.6 is 0 Å². The highest BCUT2D eigenvalue weighted by molar-refractivity contribution is 5.77. The standard InChI is InChI=1S/C13H17N5O4/c1-3-13(21-4-2)5-7(19)11(22-13)18-6-15-8-9(18)16-12(14)17-10(8)20/h3,6-7,11,19H,1,4-5H2,2H3,(H3,14,16,17,20)/t7-,11-,13+/m1/s1. The van der Waals surface area contributed by atoms with Gasteiger partial charge in [0.2, 0.25) is 11.8 Å². The molecular formula is C13H17N5O4. The summed E-state index contributed by atoms with van der Waals surface area (Å²) in [6.45, 7) is 5.94. The predicted molar refractivity (Wildman–Crippen MR) is 76.7 cm³/mol. The van der Waals surface area contributed by atoms with Crippen LogP contribution in [0.25, 0.3) is 11.2 Å². The molecule has 118 valence electrons. The molecule has 0 aromatic carbocycles. The Morgan fingerprint density at radius 3 is 3.09 bits per heavy atom. The summed E-state index contributed by atoms with van der Waals surface area (Å²) in [6, 6.07) is 0. The summed E-state index contributed by atoms with van der Waals surface area (Å²) in [5.41, 5.74) is 5.99. The maximum atomic E-state index is 10.3. The average Bonchev–Trinajstić information content (AvgIpc) is 3.01. The van der Waals surface area contributed by atoms with Gasteiger partial charge in [-0.15, -0.1) is 0 Å². The minimum Gasteiger partial charge on any atom is -0.492 e. The van der Waals surface area contributed by atoms with E-state index >= 15 is 0 Å². The first-order valence-corrected chi connectivity index (χ1v) is 6.82. The molecule has 0 radical (unpaired) electrons. The van der Waals surface area contributed by atoms with E-state index in [1.807, 2.05) is 6.92 Å². The Balaban J connectivity index is 2.03. The quantitative estimate of drug-likeness (QED) is 0.688. The van der Waals surface area contributed by atoms with Gasteiger partial charge in [-0.25, -0.2) is 4.98 Å². The van der Waals surface area contributed by atoms with E-state index in [4.69, 9.17) is 15.2 Å². The zero-order chi connectivity index (χ0) is 15.9. The lowest BCUT2D eigenvalue weighted by Crippen LogP contribution is -2.29. The van der Waals surface area contributed by atoms with E-state index in [1.165, 1.54) is 17.0 Å². The normalized spacial score (nSPS) is 28.3. The zero-order valence-electron chi connectivity index (χ0n) is 12.0. The molecule has 0 unspecified atom stereocenters. The first kappa shape index (κ1) is 14.7. The molecule has 4 N–H and O–H groups in total. The number of aliphatic hydroxyl groups is 1. The van der Waals surface area contributed by atoms with Crippen molar-refractivity contribution < 1.29 is 19.7 Å². The molecule has 3 atom stereocenters. The van der Waals surface area contributed by atoms with Crippen LogP contribution in [0.1, 0.15) is 19.6 Å². The largest absolute Gasteiger partial charge is 0.492 e. The van der Waals surface area contributed by atoms with Crippen molar-refractivity contribution in [1.29, 1.82) is 0 Å². The number of hydrogen-bond acceptors (Lipinski definition) is 8. The van der Waals surface area contributed by atoms with Crippen LogP contribution < -0.4 is 5.73 Å². The smallest absolute Gasteiger partial charge is 0.244 e. The second-order valence-electron chi connectivity index (χ2n) is 4.96. The van der Waals surface area contributed by atoms with Gasteiger partial charge in [0.1, 0.15) is 6.10 Å². The third-order valence-corrected chi connectivity index (χ3v) is 3.54. The Bertz CT molecular complexity index is 718. The van der Waals surface area contributed by atoms with Crippen molar-refractivity contribution in [3.63, 3.8) is 0 Å². The van der Waals surface area contributed by atoms with Crippen LogP contribution in [-0.2, 0) is 9.47 Å². The van der Waals surface area contributed by atoms with Crippen LogP contribution in [0.15, 0.2) is 19.0 Å². The molecule has 22 heavy (non-hydrogen) atoms. The summed E-state index contributed by atoms with van der Waals surface area (Å²) in [7, 11) is 0. The second-order valence-corrected chi connectivity index (χ2v) is 4.96. The molecule has 0 bridgehead atoms. The number of nitrogens with zero attached hydrogens (tertiary/aromatic N) is 4. The van der Waals surface area contributed by atoms with Gasteiger partial charge in [0.25, 0.3) is 0 Å². The lowest BCUT2D eigenvalue weighted by atomic mass is 10.1. The van der Waals surface area contributed by atoms with Crippen molar-refractivity contribution in [2.45, 2.75) is 31.5 Å². The molecule has 9 heteroatoms. The SMILES string of the molecule is C=C[C@@]1(OCC)C[C@@H](O)[C@H](n2cnc3c(O)nc(N)nc32)O1. The lowest BCUT2D eigenvalue weighted by molar-refractivity contribution is -0.206. The molecule has 2 aromatic heterocycles. The molecule has 1 fully saturated rings. The molecule has 3 rings (SSSR count). The van der Waals surface area contributed by atoms with Crippen molar-refractivity contribution in [2.24, 2.45) is 0 Å². The Morgan fingerprint density at radius 1 is 1.64 bits per heavy atom. The number of aromatic nitrogens is 4. The maximum Gasteiger partial charge on any atom is 0.244 e. The summed E-state index contributed by atoms with van der Waals surface area (Å²) in [5, 5.41) is 20.1. The van der Waals surface area contributed by atoms with Gasteiger partial charge in [0, 0.05) is 13.0 Å². The minimum absolute atomic E-state index is 0.0981. The molecule has 0 aliphatic carbocycles. The Labute approximate surface area is 126 Å². The Hall–Kier alpha value is -2.23. The van der Waals surface area contributed by atoms with Crippen molar-refractivity contribution in [2.75, 3.05) is 12.3 Å². The van der Waals surface area contributed by atoms with Gasteiger partial charge in [-0.3, -0.25) is 4.57 Å². The number of aromatic hydroxyl groups is 1. The van der Waals surface area contributed by atoms with Gasteiger partial charge in [0.15, 0.2) is 23.2 Å². The van der Waals surface area contributed by atoms with Crippen LogP contribution in [0.5, 0.6) is 5.88 Å². The van der Waals surface area contributed by atoms with Crippen molar-refractivity contribution in [1.82, 2.24) is 19.5 Å². The van der Waals surface area contributed by atoms with E-state index in [0.717, 1.165) is 0 Å². The topological polar surface area (TPSA) is 129 Å². The molecule has 1 aliphatic rings. The second kappa shape index (κ2) is 5.20. The number of nitrogen functional groups attached to an aromatic ring is 1. The van der Waals surface area contributed by atoms with Gasteiger partial charge < -0.3 is 25.4 Å². The summed E-state index contributed by atoms with van der Waals surface area (Å²) in [6.07, 6.45) is 1.49. The molecule has 1 saturated heterocycles. The van der Waals surface area contributed by atoms with E-state index in [-0.39, 0.29) is 29.4 Å². The minimum atomic E-state index is -1.07. The molecule has 1 aliphatic heterocycles. The average molecular weight is 307 g/mol. The fraction of sp³-hybridized carbons (Fsp3) is 0.462. The molecule has 0 saturated carbocycles. The monoisotopic (exact) mass is 307 g/mol. The first-order chi connectivity index (χ1) is 10.5. The number of rotatable bonds is 4. The summed E-state index contributed by atoms with van der Waals surface area (Å²) < 4.78 is 12.9. The molecule has 2 aromatic rings. The van der Waals surface area contributed by atoms with Gasteiger partial charge in [0.05, 0.1) is 6.33 Å². The number of nitrogens with two attached hydrogens (primary N) is 1. The van der Waals surface area contributed by atoms with E-state index in [1.54, 1.807) is 0 Å². The van der Waals surface area contributed by atoms with E-state index < -0.39 is 18.1 Å². The number of aliphatic hydroxyl groups excluding tert-OH is 1. The molecule has 0 spiro atoms. The van der Waals surface area contributed by atoms with Crippen molar-refractivity contribution in [3.05, 3.63) is 19.0 Å². The van der Waals surface area contributed by atoms with Crippen molar-refractivity contribution in [3.8, 4) is 5.88 Å². The highest BCUT2D eigenvalue weighted by Crippen LogP contribution is 2.39. The van der Waals surface area contributed by atoms with Crippen LogP contribution in [0.2, 0.25) is 0 Å². The zero-order valence-corrected chi connectivity index (χ0v) is 12.0. The number of fused-ring (bicyclic) bond motifs is 1. The summed E-state index contributed by atoms with van der Waals surface area (Å²) in [4.78, 5) is 11.7. The van der Waals surface area contributed by atoms with E-state index in [9.17, 15) is 10.2 Å². The third kappa shape index (κ3) is 2.19. The van der Waals surface area contributed by atoms with Crippen molar-refractivity contribution >= 4 is 17.1 Å². The number of imidazole rings is 1. The summed E-state index contributed by atoms with van der Waals surface area (Å²) >= 11 is 0. The predicted octanol–water partition coefficient (Wildman–Crippen LogP) is 0.313. The van der Waals surface area contributed by atoms with Crippen LogP contribution in [0, 0.1) is 0 Å². The fourth-order valence-corrected chi connectivity index (χ4v) is 2.60. The number of hydrogen-bond donors (Lipinski definition) is 3. The Kier molecular flexibility index (Phi) is 3.47. The molecule has 0 amide bonds. The lowest BCUT2D eigenvalue weighted by Gasteiger charge is -2.25. The van der Waals surface area contributed by atoms with E-state index in [0.29, 0.717) is 6.61 Å². The number of ether oxygens (including phenoxy) is 2. The highest BCUT2D eigenvalue weighted by atomic mass is 16.7. The van der Waals surface area contributed by atoms with Gasteiger partial charge in [-0.1, -0.05) is 6.58 Å². The highest BCUT2D eigenvalue weighted by Gasteiger charge is 2.46. The fourth-order valence-electron chi connectivity index (χ4n) is 2.60. The summed E-state index contributed by atoms with van der Waals surface area (Å²) in [5.74, 6) is -1.50. The van der Waals surface area contributed by atoms with Gasteiger partial charge >= 0.3 is 0 Å². The third-order valence-electron chi connectivity index (χ3n) is 3.54. The van der Waals surface area contributed by atoms with Crippen LogP contribution in [0.3, 0.4) is 0 Å². The number of anilines is 1. The molecule has 3 heterocycles. The van der Waals surface area contributed by atoms with Gasteiger partial charge in [-0.05, 0) is 13.0 Å². The van der Waals surface area contributed by atoms with Crippen LogP contribution in [-0.4, -0.2) is 48.2 Å².